The first-order valence-electron chi connectivity index (χ1n) is 8.47. The Morgan fingerprint density at radius 3 is 2.73 bits per heavy atom. The topological polar surface area (TPSA) is 49.6 Å². The minimum absolute atomic E-state index is 0.119. The number of nitrogens with zero attached hydrogens (tertiary/aromatic N) is 2. The average Bonchev–Trinajstić information content (AvgIpc) is 2.89. The number of amides is 1. The molecule has 1 amide bonds. The molecule has 0 spiro atoms. The molecule has 2 heterocycles. The molecule has 2 aliphatic heterocycles. The lowest BCUT2D eigenvalue weighted by molar-refractivity contribution is -0.135. The maximum absolute atomic E-state index is 12.6. The third-order valence-electron chi connectivity index (χ3n) is 5.15. The summed E-state index contributed by atoms with van der Waals surface area (Å²) in [5.74, 6) is 0.612. The molecule has 3 atom stereocenters. The van der Waals surface area contributed by atoms with Crippen molar-refractivity contribution in [3.8, 4) is 0 Å². The molecule has 0 saturated carbocycles. The zero-order valence-electron chi connectivity index (χ0n) is 13.4. The Morgan fingerprint density at radius 2 is 2.00 bits per heavy atom. The van der Waals surface area contributed by atoms with Crippen LogP contribution in [0.1, 0.15) is 37.7 Å². The van der Waals surface area contributed by atoms with Crippen LogP contribution in [0.3, 0.4) is 0 Å². The van der Waals surface area contributed by atoms with Crippen molar-refractivity contribution in [1.82, 2.24) is 9.80 Å². The molecule has 0 radical (unpaired) electrons. The van der Waals surface area contributed by atoms with Crippen LogP contribution in [0.15, 0.2) is 30.3 Å². The molecule has 1 aromatic carbocycles. The summed E-state index contributed by atoms with van der Waals surface area (Å²) >= 11 is 0. The zero-order valence-corrected chi connectivity index (χ0v) is 13.4. The molecule has 1 unspecified atom stereocenters. The predicted octanol–water partition coefficient (Wildman–Crippen LogP) is 1.81. The van der Waals surface area contributed by atoms with Gasteiger partial charge in [-0.3, -0.25) is 9.69 Å². The predicted molar refractivity (Wildman–Crippen MR) is 88.6 cm³/mol. The van der Waals surface area contributed by atoms with Gasteiger partial charge in [0.2, 0.25) is 5.91 Å². The number of carbonyl (C=O) groups is 1. The van der Waals surface area contributed by atoms with E-state index in [-0.39, 0.29) is 11.9 Å². The van der Waals surface area contributed by atoms with E-state index in [1.165, 1.54) is 12.0 Å². The lowest BCUT2D eigenvalue weighted by Gasteiger charge is -2.34. The van der Waals surface area contributed by atoms with Crippen LogP contribution >= 0.6 is 0 Å². The van der Waals surface area contributed by atoms with Crippen molar-refractivity contribution in [3.63, 3.8) is 0 Å². The van der Waals surface area contributed by atoms with Crippen LogP contribution in [0.25, 0.3) is 0 Å². The highest BCUT2D eigenvalue weighted by Gasteiger charge is 2.33. The van der Waals surface area contributed by atoms with E-state index in [0.717, 1.165) is 32.5 Å². The molecule has 0 bridgehead atoms. The fourth-order valence-electron chi connectivity index (χ4n) is 3.85. The molecule has 120 valence electrons. The molecule has 2 aliphatic rings. The zero-order chi connectivity index (χ0) is 15.5. The van der Waals surface area contributed by atoms with Gasteiger partial charge in [0.15, 0.2) is 0 Å². The highest BCUT2D eigenvalue weighted by molar-refractivity contribution is 5.78. The second kappa shape index (κ2) is 6.80. The quantitative estimate of drug-likeness (QED) is 0.926. The fourth-order valence-corrected chi connectivity index (χ4v) is 3.85. The van der Waals surface area contributed by atoms with Crippen molar-refractivity contribution in [2.24, 2.45) is 5.73 Å². The van der Waals surface area contributed by atoms with Crippen LogP contribution in [0.4, 0.5) is 0 Å². The van der Waals surface area contributed by atoms with Crippen LogP contribution < -0.4 is 5.73 Å². The number of hydrogen-bond donors (Lipinski definition) is 1. The molecule has 2 N–H and O–H groups in total. The molecule has 1 aromatic rings. The Labute approximate surface area is 133 Å². The summed E-state index contributed by atoms with van der Waals surface area (Å²) in [5.41, 5.74) is 7.60. The smallest absolute Gasteiger partial charge is 0.236 e. The van der Waals surface area contributed by atoms with Gasteiger partial charge in [0.25, 0.3) is 0 Å². The molecule has 2 saturated heterocycles. The summed E-state index contributed by atoms with van der Waals surface area (Å²) in [6.07, 6.45) is 3.52. The third kappa shape index (κ3) is 3.33. The Morgan fingerprint density at radius 1 is 1.23 bits per heavy atom. The third-order valence-corrected chi connectivity index (χ3v) is 5.15. The first-order valence-corrected chi connectivity index (χ1v) is 8.47. The SMILES string of the molecule is CC1CCCCN1C(=O)CN1C[C@@H](N)[C@H](c2ccccc2)C1. The number of benzene rings is 1. The summed E-state index contributed by atoms with van der Waals surface area (Å²) in [7, 11) is 0. The number of piperidine rings is 1. The van der Waals surface area contributed by atoms with Gasteiger partial charge in [-0.05, 0) is 31.7 Å². The van der Waals surface area contributed by atoms with Gasteiger partial charge in [-0.25, -0.2) is 0 Å². The van der Waals surface area contributed by atoms with Crippen LogP contribution in [0.5, 0.6) is 0 Å². The molecular formula is C18H27N3O. The summed E-state index contributed by atoms with van der Waals surface area (Å²) in [6, 6.07) is 10.9. The van der Waals surface area contributed by atoms with Gasteiger partial charge in [0.05, 0.1) is 6.54 Å². The number of hydrogen-bond acceptors (Lipinski definition) is 3. The second-order valence-corrected chi connectivity index (χ2v) is 6.81. The van der Waals surface area contributed by atoms with E-state index >= 15 is 0 Å². The molecule has 4 heteroatoms. The summed E-state index contributed by atoms with van der Waals surface area (Å²) < 4.78 is 0. The van der Waals surface area contributed by atoms with Gasteiger partial charge < -0.3 is 10.6 Å². The van der Waals surface area contributed by atoms with E-state index in [9.17, 15) is 4.79 Å². The van der Waals surface area contributed by atoms with Gasteiger partial charge in [-0.1, -0.05) is 30.3 Å². The molecule has 3 rings (SSSR count). The van der Waals surface area contributed by atoms with E-state index in [0.29, 0.717) is 18.5 Å². The first-order chi connectivity index (χ1) is 10.6. The minimum Gasteiger partial charge on any atom is -0.339 e. The monoisotopic (exact) mass is 301 g/mol. The Kier molecular flexibility index (Phi) is 4.79. The maximum Gasteiger partial charge on any atom is 0.236 e. The summed E-state index contributed by atoms with van der Waals surface area (Å²) in [5, 5.41) is 0. The minimum atomic E-state index is 0.119. The molecule has 0 aliphatic carbocycles. The van der Waals surface area contributed by atoms with Crippen molar-refractivity contribution in [3.05, 3.63) is 35.9 Å². The summed E-state index contributed by atoms with van der Waals surface area (Å²) in [4.78, 5) is 16.8. The largest absolute Gasteiger partial charge is 0.339 e. The lowest BCUT2D eigenvalue weighted by Crippen LogP contribution is -2.46. The molecule has 2 fully saturated rings. The first kappa shape index (κ1) is 15.5. The summed E-state index contributed by atoms with van der Waals surface area (Å²) in [6.45, 7) is 5.30. The van der Waals surface area contributed by atoms with Crippen molar-refractivity contribution in [2.45, 2.75) is 44.2 Å². The number of carbonyl (C=O) groups excluding carboxylic acids is 1. The van der Waals surface area contributed by atoms with E-state index in [4.69, 9.17) is 5.73 Å². The van der Waals surface area contributed by atoms with Gasteiger partial charge in [-0.15, -0.1) is 0 Å². The van der Waals surface area contributed by atoms with Crippen LogP contribution in [-0.4, -0.2) is 54.0 Å². The maximum atomic E-state index is 12.6. The Bertz CT molecular complexity index is 504. The van der Waals surface area contributed by atoms with Crippen LogP contribution in [-0.2, 0) is 4.79 Å². The number of rotatable bonds is 3. The van der Waals surface area contributed by atoms with Gasteiger partial charge in [0.1, 0.15) is 0 Å². The van der Waals surface area contributed by atoms with Crippen LogP contribution in [0, 0.1) is 0 Å². The van der Waals surface area contributed by atoms with E-state index in [1.54, 1.807) is 0 Å². The average molecular weight is 301 g/mol. The lowest BCUT2D eigenvalue weighted by atomic mass is 9.95. The Hall–Kier alpha value is -1.39. The highest BCUT2D eigenvalue weighted by Crippen LogP contribution is 2.26. The van der Waals surface area contributed by atoms with E-state index in [2.05, 4.69) is 41.0 Å². The highest BCUT2D eigenvalue weighted by atomic mass is 16.2. The Balaban J connectivity index is 1.59. The van der Waals surface area contributed by atoms with Crippen molar-refractivity contribution in [2.75, 3.05) is 26.2 Å². The normalized spacial score (nSPS) is 29.7. The van der Waals surface area contributed by atoms with Crippen LogP contribution in [0.2, 0.25) is 0 Å². The van der Waals surface area contributed by atoms with Crippen molar-refractivity contribution >= 4 is 5.91 Å². The van der Waals surface area contributed by atoms with E-state index in [1.807, 2.05) is 6.07 Å². The standard InChI is InChI=1S/C18H27N3O/c1-14-7-5-6-10-21(14)18(22)13-20-11-16(17(19)12-20)15-8-3-2-4-9-15/h2-4,8-9,14,16-17H,5-7,10-13,19H2,1H3/t14?,16-,17+/m0/s1. The van der Waals surface area contributed by atoms with Gasteiger partial charge in [0, 0.05) is 37.6 Å². The molecule has 0 aromatic heterocycles. The van der Waals surface area contributed by atoms with Crippen molar-refractivity contribution < 1.29 is 4.79 Å². The second-order valence-electron chi connectivity index (χ2n) is 6.81. The number of likely N-dealkylation sites (tertiary alicyclic amines) is 2. The fraction of sp³-hybridized carbons (Fsp3) is 0.611. The molecule has 4 nitrogen and oxygen atoms in total. The van der Waals surface area contributed by atoms with E-state index < -0.39 is 0 Å². The molecular weight excluding hydrogens is 274 g/mol. The number of nitrogens with two attached hydrogens (primary N) is 1. The molecule has 22 heavy (non-hydrogen) atoms. The van der Waals surface area contributed by atoms with Gasteiger partial charge in [-0.2, -0.15) is 0 Å². The van der Waals surface area contributed by atoms with Crippen molar-refractivity contribution in [1.29, 1.82) is 0 Å². The van der Waals surface area contributed by atoms with Gasteiger partial charge >= 0.3 is 0 Å².